The number of benzene rings is 1. The lowest BCUT2D eigenvalue weighted by Crippen LogP contribution is -2.42. The molecule has 0 spiro atoms. The van der Waals surface area contributed by atoms with Crippen molar-refractivity contribution in [3.63, 3.8) is 0 Å². The molecule has 0 radical (unpaired) electrons. The lowest BCUT2D eigenvalue weighted by molar-refractivity contribution is 0.292. The van der Waals surface area contributed by atoms with Gasteiger partial charge in [0.15, 0.2) is 5.96 Å². The molecule has 150 valence electrons. The molecular weight excluding hydrogens is 507 g/mol. The molecule has 5 nitrogen and oxygen atoms in total. The van der Waals surface area contributed by atoms with Crippen molar-refractivity contribution in [3.05, 3.63) is 28.2 Å². The smallest absolute Gasteiger partial charge is 0.191 e. The first-order valence-electron chi connectivity index (χ1n) is 9.05. The molecule has 0 heterocycles. The van der Waals surface area contributed by atoms with Crippen LogP contribution < -0.4 is 15.4 Å². The van der Waals surface area contributed by atoms with Gasteiger partial charge in [-0.1, -0.05) is 29.8 Å². The molecule has 0 amide bonds. The average molecular weight is 541 g/mol. The van der Waals surface area contributed by atoms with Gasteiger partial charge in [0, 0.05) is 29.7 Å². The zero-order valence-corrected chi connectivity index (χ0v) is 20.6. The third-order valence-electron chi connectivity index (χ3n) is 4.30. The van der Waals surface area contributed by atoms with E-state index in [1.807, 2.05) is 12.1 Å². The fourth-order valence-electron chi connectivity index (χ4n) is 2.73. The van der Waals surface area contributed by atoms with Crippen molar-refractivity contribution in [1.82, 2.24) is 15.5 Å². The quantitative estimate of drug-likeness (QED) is 0.264. The van der Waals surface area contributed by atoms with E-state index in [0.29, 0.717) is 12.6 Å². The third-order valence-corrected chi connectivity index (χ3v) is 4.79. The Morgan fingerprint density at radius 1 is 1.31 bits per heavy atom. The standard InChI is InChI=1S/C19H33BrN4O.HI/c1-6-24(7-2)12-8-9-15(3)23-19(21-4)22-14-16-13-17(20)10-11-18(16)25-5;/h10-11,13,15H,6-9,12,14H2,1-5H3,(H2,21,22,23);1H. The first-order valence-corrected chi connectivity index (χ1v) is 9.85. The van der Waals surface area contributed by atoms with E-state index < -0.39 is 0 Å². The van der Waals surface area contributed by atoms with Gasteiger partial charge in [0.1, 0.15) is 5.75 Å². The van der Waals surface area contributed by atoms with Crippen LogP contribution in [0.3, 0.4) is 0 Å². The van der Waals surface area contributed by atoms with Gasteiger partial charge in [-0.05, 0) is 57.6 Å². The maximum Gasteiger partial charge on any atom is 0.191 e. The number of methoxy groups -OCH3 is 1. The Morgan fingerprint density at radius 3 is 2.58 bits per heavy atom. The number of halogens is 2. The number of hydrogen-bond acceptors (Lipinski definition) is 3. The van der Waals surface area contributed by atoms with Crippen LogP contribution in [0.4, 0.5) is 0 Å². The zero-order chi connectivity index (χ0) is 18.7. The summed E-state index contributed by atoms with van der Waals surface area (Å²) < 4.78 is 6.46. The topological polar surface area (TPSA) is 48.9 Å². The molecular formula is C19H34BrIN4O. The van der Waals surface area contributed by atoms with Gasteiger partial charge in [-0.15, -0.1) is 24.0 Å². The van der Waals surface area contributed by atoms with Gasteiger partial charge in [-0.25, -0.2) is 0 Å². The number of hydrogen-bond donors (Lipinski definition) is 2. The van der Waals surface area contributed by atoms with E-state index in [1.54, 1.807) is 14.2 Å². The highest BCUT2D eigenvalue weighted by atomic mass is 127. The van der Waals surface area contributed by atoms with E-state index in [4.69, 9.17) is 4.74 Å². The summed E-state index contributed by atoms with van der Waals surface area (Å²) >= 11 is 3.51. The van der Waals surface area contributed by atoms with Crippen LogP contribution in [0.25, 0.3) is 0 Å². The van der Waals surface area contributed by atoms with Crippen LogP contribution in [-0.2, 0) is 6.54 Å². The molecule has 0 saturated carbocycles. The van der Waals surface area contributed by atoms with Crippen LogP contribution in [0.2, 0.25) is 0 Å². The fraction of sp³-hybridized carbons (Fsp3) is 0.632. The van der Waals surface area contributed by atoms with Crippen LogP contribution in [-0.4, -0.2) is 50.7 Å². The highest BCUT2D eigenvalue weighted by molar-refractivity contribution is 14.0. The van der Waals surface area contributed by atoms with Crippen LogP contribution in [0, 0.1) is 0 Å². The second-order valence-corrected chi connectivity index (χ2v) is 7.01. The Labute approximate surface area is 184 Å². The van der Waals surface area contributed by atoms with Crippen molar-refractivity contribution in [1.29, 1.82) is 0 Å². The van der Waals surface area contributed by atoms with Crippen molar-refractivity contribution in [2.75, 3.05) is 33.8 Å². The first kappa shape index (κ1) is 25.5. The number of nitrogens with zero attached hydrogens (tertiary/aromatic N) is 2. The van der Waals surface area contributed by atoms with Crippen molar-refractivity contribution in [3.8, 4) is 5.75 Å². The summed E-state index contributed by atoms with van der Waals surface area (Å²) in [5.74, 6) is 1.69. The molecule has 0 aliphatic carbocycles. The van der Waals surface area contributed by atoms with Gasteiger partial charge >= 0.3 is 0 Å². The Bertz CT molecular complexity index is 538. The minimum Gasteiger partial charge on any atom is -0.496 e. The average Bonchev–Trinajstić information content (AvgIpc) is 2.62. The van der Waals surface area contributed by atoms with Gasteiger partial charge in [-0.2, -0.15) is 0 Å². The lowest BCUT2D eigenvalue weighted by Gasteiger charge is -2.21. The largest absolute Gasteiger partial charge is 0.496 e. The van der Waals surface area contributed by atoms with Crippen molar-refractivity contribution < 1.29 is 4.74 Å². The minimum atomic E-state index is 0. The van der Waals surface area contributed by atoms with Crippen LogP contribution in [0.5, 0.6) is 5.75 Å². The molecule has 0 fully saturated rings. The van der Waals surface area contributed by atoms with Gasteiger partial charge < -0.3 is 20.3 Å². The van der Waals surface area contributed by atoms with E-state index in [1.165, 1.54) is 6.42 Å². The summed E-state index contributed by atoms with van der Waals surface area (Å²) in [4.78, 5) is 6.79. The molecule has 7 heteroatoms. The van der Waals surface area contributed by atoms with E-state index in [-0.39, 0.29) is 24.0 Å². The molecule has 26 heavy (non-hydrogen) atoms. The summed E-state index contributed by atoms with van der Waals surface area (Å²) in [6, 6.07) is 6.39. The van der Waals surface area contributed by atoms with Gasteiger partial charge in [0.2, 0.25) is 0 Å². The van der Waals surface area contributed by atoms with Gasteiger partial charge in [0.05, 0.1) is 7.11 Å². The molecule has 0 bridgehead atoms. The summed E-state index contributed by atoms with van der Waals surface area (Å²) in [5, 5.41) is 6.83. The number of guanidine groups is 1. The van der Waals surface area contributed by atoms with E-state index in [0.717, 1.165) is 47.8 Å². The Balaban J connectivity index is 0.00000625. The maximum atomic E-state index is 5.42. The highest BCUT2D eigenvalue weighted by Gasteiger charge is 2.08. The summed E-state index contributed by atoms with van der Waals surface area (Å²) in [7, 11) is 3.49. The number of ether oxygens (including phenoxy) is 1. The highest BCUT2D eigenvalue weighted by Crippen LogP contribution is 2.22. The molecule has 0 aliphatic heterocycles. The molecule has 1 rings (SSSR count). The summed E-state index contributed by atoms with van der Waals surface area (Å²) in [6.45, 7) is 10.7. The van der Waals surface area contributed by atoms with Crippen molar-refractivity contribution in [2.24, 2.45) is 4.99 Å². The zero-order valence-electron chi connectivity index (χ0n) is 16.6. The van der Waals surface area contributed by atoms with E-state index in [9.17, 15) is 0 Å². The SMILES string of the molecule is CCN(CC)CCCC(C)NC(=NC)NCc1cc(Br)ccc1OC.I. The Hall–Kier alpha value is -0.540. The predicted molar refractivity (Wildman–Crippen MR) is 126 cm³/mol. The van der Waals surface area contributed by atoms with Gasteiger partial charge in [-0.3, -0.25) is 4.99 Å². The van der Waals surface area contributed by atoms with Crippen molar-refractivity contribution in [2.45, 2.75) is 46.2 Å². The molecule has 0 aromatic heterocycles. The number of aliphatic imine (C=N–C) groups is 1. The molecule has 0 aliphatic rings. The van der Waals surface area contributed by atoms with E-state index >= 15 is 0 Å². The normalized spacial score (nSPS) is 12.5. The molecule has 2 N–H and O–H groups in total. The third kappa shape index (κ3) is 9.41. The van der Waals surface area contributed by atoms with Crippen molar-refractivity contribution >= 4 is 45.9 Å². The second kappa shape index (κ2) is 14.5. The molecule has 0 saturated heterocycles. The number of rotatable bonds is 10. The predicted octanol–water partition coefficient (Wildman–Crippen LogP) is 4.25. The number of nitrogens with one attached hydrogen (secondary N) is 2. The first-order chi connectivity index (χ1) is 12.0. The fourth-order valence-corrected chi connectivity index (χ4v) is 3.13. The second-order valence-electron chi connectivity index (χ2n) is 6.10. The van der Waals surface area contributed by atoms with Gasteiger partial charge in [0.25, 0.3) is 0 Å². The minimum absolute atomic E-state index is 0. The molecule has 1 atom stereocenters. The van der Waals surface area contributed by atoms with Crippen LogP contribution in [0.15, 0.2) is 27.7 Å². The van der Waals surface area contributed by atoms with E-state index in [2.05, 4.69) is 63.3 Å². The molecule has 1 aromatic rings. The Kier molecular flexibility index (Phi) is 14.2. The van der Waals surface area contributed by atoms with Crippen LogP contribution in [0.1, 0.15) is 39.2 Å². The Morgan fingerprint density at radius 2 is 2.00 bits per heavy atom. The molecule has 1 unspecified atom stereocenters. The summed E-state index contributed by atoms with van der Waals surface area (Å²) in [5.41, 5.74) is 1.09. The lowest BCUT2D eigenvalue weighted by atomic mass is 10.1. The molecule has 1 aromatic carbocycles. The monoisotopic (exact) mass is 540 g/mol. The summed E-state index contributed by atoms with van der Waals surface area (Å²) in [6.07, 6.45) is 2.31. The van der Waals surface area contributed by atoms with Crippen LogP contribution >= 0.6 is 39.9 Å². The maximum absolute atomic E-state index is 5.42.